The van der Waals surface area contributed by atoms with Gasteiger partial charge in [-0.1, -0.05) is 42.6 Å². The van der Waals surface area contributed by atoms with Crippen molar-refractivity contribution in [2.24, 2.45) is 0 Å². The second-order valence-corrected chi connectivity index (χ2v) is 5.94. The number of ether oxygens (including phenoxy) is 1. The number of Topliss-reactive ketones (excluding diaryl/α,β-unsaturated/α-hetero) is 1. The van der Waals surface area contributed by atoms with Crippen LogP contribution in [0.2, 0.25) is 10.0 Å². The molecular weight excluding hydrogens is 355 g/mol. The van der Waals surface area contributed by atoms with Gasteiger partial charge in [-0.25, -0.2) is 9.48 Å². The third kappa shape index (κ3) is 4.49. The van der Waals surface area contributed by atoms with Crippen molar-refractivity contribution in [2.75, 3.05) is 6.61 Å². The van der Waals surface area contributed by atoms with Crippen molar-refractivity contribution in [3.8, 4) is 5.88 Å². The summed E-state index contributed by atoms with van der Waals surface area (Å²) in [5.74, 6) is -2.33. The molecule has 1 N–H and O–H groups in total. The molecule has 2 rings (SSSR count). The maximum atomic E-state index is 11.6. The van der Waals surface area contributed by atoms with Gasteiger partial charge in [0.2, 0.25) is 5.88 Å². The van der Waals surface area contributed by atoms with E-state index < -0.39 is 11.8 Å². The molecule has 2 aromatic rings. The maximum absolute atomic E-state index is 11.6. The highest BCUT2D eigenvalue weighted by Crippen LogP contribution is 2.24. The SMILES string of the molecule is CCCCOc1cc(C(=O)C(=O)O)nn1Cc1ccc(Cl)cc1Cl. The standard InChI is InChI=1S/C16H16Cl2N2O4/c1-2-3-6-24-14-8-13(15(21)16(22)23)19-20(14)9-10-4-5-11(17)7-12(10)18/h4-5,7-8H,2-3,6,9H2,1H3,(H,22,23). The molecule has 0 aliphatic rings. The summed E-state index contributed by atoms with van der Waals surface area (Å²) in [6.45, 7) is 2.69. The van der Waals surface area contributed by atoms with Crippen LogP contribution in [-0.4, -0.2) is 33.2 Å². The first-order valence-electron chi connectivity index (χ1n) is 7.34. The lowest BCUT2D eigenvalue weighted by Gasteiger charge is -2.10. The second-order valence-electron chi connectivity index (χ2n) is 5.10. The molecule has 0 radical (unpaired) electrons. The monoisotopic (exact) mass is 370 g/mol. The van der Waals surface area contributed by atoms with Crippen LogP contribution in [0.1, 0.15) is 35.8 Å². The zero-order valence-electron chi connectivity index (χ0n) is 13.0. The zero-order chi connectivity index (χ0) is 17.7. The molecule has 0 atom stereocenters. The molecule has 1 aromatic heterocycles. The second kappa shape index (κ2) is 8.17. The fraction of sp³-hybridized carbons (Fsp3) is 0.312. The van der Waals surface area contributed by atoms with Crippen molar-refractivity contribution in [2.45, 2.75) is 26.3 Å². The van der Waals surface area contributed by atoms with Crippen molar-refractivity contribution in [1.82, 2.24) is 9.78 Å². The molecule has 6 nitrogen and oxygen atoms in total. The molecule has 0 amide bonds. The lowest BCUT2D eigenvalue weighted by Crippen LogP contribution is -2.14. The number of carbonyl (C=O) groups is 2. The van der Waals surface area contributed by atoms with E-state index in [1.807, 2.05) is 6.92 Å². The van der Waals surface area contributed by atoms with Crippen molar-refractivity contribution in [3.63, 3.8) is 0 Å². The Morgan fingerprint density at radius 3 is 2.67 bits per heavy atom. The molecule has 0 saturated carbocycles. The van der Waals surface area contributed by atoms with Crippen LogP contribution in [0.15, 0.2) is 24.3 Å². The first kappa shape index (κ1) is 18.3. The number of ketones is 1. The summed E-state index contributed by atoms with van der Waals surface area (Å²) in [4.78, 5) is 22.5. The van der Waals surface area contributed by atoms with Gasteiger partial charge in [-0.15, -0.1) is 0 Å². The van der Waals surface area contributed by atoms with Crippen LogP contribution in [0.5, 0.6) is 5.88 Å². The largest absolute Gasteiger partial charge is 0.478 e. The van der Waals surface area contributed by atoms with Crippen molar-refractivity contribution >= 4 is 35.0 Å². The van der Waals surface area contributed by atoms with Crippen LogP contribution >= 0.6 is 23.2 Å². The summed E-state index contributed by atoms with van der Waals surface area (Å²) in [6.07, 6.45) is 1.77. The molecule has 1 heterocycles. The molecule has 0 saturated heterocycles. The fourth-order valence-electron chi connectivity index (χ4n) is 1.98. The van der Waals surface area contributed by atoms with E-state index in [4.69, 9.17) is 33.0 Å². The third-order valence-corrected chi connectivity index (χ3v) is 3.84. The molecule has 1 aromatic carbocycles. The van der Waals surface area contributed by atoms with Crippen LogP contribution in [0.3, 0.4) is 0 Å². The Labute approximate surface area is 148 Å². The third-order valence-electron chi connectivity index (χ3n) is 3.25. The van der Waals surface area contributed by atoms with E-state index >= 15 is 0 Å². The number of unbranched alkanes of at least 4 members (excludes halogenated alkanes) is 1. The summed E-state index contributed by atoms with van der Waals surface area (Å²) < 4.78 is 7.03. The van der Waals surface area contributed by atoms with E-state index in [1.54, 1.807) is 18.2 Å². The van der Waals surface area contributed by atoms with Gasteiger partial charge in [0.05, 0.1) is 13.2 Å². The van der Waals surface area contributed by atoms with E-state index in [-0.39, 0.29) is 12.2 Å². The van der Waals surface area contributed by atoms with Crippen molar-refractivity contribution < 1.29 is 19.4 Å². The predicted octanol–water partition coefficient (Wildman–Crippen LogP) is 3.68. The summed E-state index contributed by atoms with van der Waals surface area (Å²) in [5.41, 5.74) is 0.540. The number of hydrogen-bond donors (Lipinski definition) is 1. The molecule has 8 heteroatoms. The Balaban J connectivity index is 2.31. The van der Waals surface area contributed by atoms with Crippen molar-refractivity contribution in [1.29, 1.82) is 0 Å². The molecule has 24 heavy (non-hydrogen) atoms. The van der Waals surface area contributed by atoms with E-state index in [9.17, 15) is 9.59 Å². The molecule has 0 spiro atoms. The number of aliphatic carboxylic acids is 1. The molecule has 128 valence electrons. The average molecular weight is 371 g/mol. The van der Waals surface area contributed by atoms with Crippen LogP contribution in [0.4, 0.5) is 0 Å². The van der Waals surface area contributed by atoms with Gasteiger partial charge in [-0.2, -0.15) is 5.10 Å². The molecule has 0 aliphatic heterocycles. The minimum absolute atomic E-state index is 0.181. The minimum Gasteiger partial charge on any atom is -0.478 e. The number of carboxylic acids is 1. The number of hydrogen-bond acceptors (Lipinski definition) is 4. The van der Waals surface area contributed by atoms with Gasteiger partial charge in [-0.05, 0) is 24.1 Å². The molecule has 0 bridgehead atoms. The van der Waals surface area contributed by atoms with E-state index in [0.29, 0.717) is 22.5 Å². The lowest BCUT2D eigenvalue weighted by atomic mass is 10.2. The summed E-state index contributed by atoms with van der Waals surface area (Å²) >= 11 is 12.0. The number of rotatable bonds is 8. The fourth-order valence-corrected chi connectivity index (χ4v) is 2.45. The highest BCUT2D eigenvalue weighted by molar-refractivity contribution is 6.39. The van der Waals surface area contributed by atoms with Crippen LogP contribution in [0.25, 0.3) is 0 Å². The Morgan fingerprint density at radius 2 is 2.04 bits per heavy atom. The molecule has 0 aliphatic carbocycles. The highest BCUT2D eigenvalue weighted by atomic mass is 35.5. The van der Waals surface area contributed by atoms with Gasteiger partial charge >= 0.3 is 5.97 Å². The first-order valence-corrected chi connectivity index (χ1v) is 8.10. The average Bonchev–Trinajstić information content (AvgIpc) is 2.92. The quantitative estimate of drug-likeness (QED) is 0.435. The number of nitrogens with zero attached hydrogens (tertiary/aromatic N) is 2. The normalized spacial score (nSPS) is 10.6. The van der Waals surface area contributed by atoms with E-state index in [1.165, 1.54) is 10.7 Å². The van der Waals surface area contributed by atoms with Gasteiger partial charge in [-0.3, -0.25) is 4.79 Å². The smallest absolute Gasteiger partial charge is 0.379 e. The molecular formula is C16H16Cl2N2O4. The Morgan fingerprint density at radius 1 is 1.29 bits per heavy atom. The minimum atomic E-state index is -1.57. The van der Waals surface area contributed by atoms with Crippen LogP contribution in [0, 0.1) is 0 Å². The van der Waals surface area contributed by atoms with Gasteiger partial charge in [0.25, 0.3) is 5.78 Å². The summed E-state index contributed by atoms with van der Waals surface area (Å²) in [6, 6.07) is 6.35. The van der Waals surface area contributed by atoms with Gasteiger partial charge in [0.15, 0.2) is 0 Å². The van der Waals surface area contributed by atoms with E-state index in [0.717, 1.165) is 18.4 Å². The van der Waals surface area contributed by atoms with Gasteiger partial charge in [0.1, 0.15) is 5.69 Å². The van der Waals surface area contributed by atoms with Gasteiger partial charge < -0.3 is 9.84 Å². The van der Waals surface area contributed by atoms with E-state index in [2.05, 4.69) is 5.10 Å². The molecule has 0 unspecified atom stereocenters. The summed E-state index contributed by atoms with van der Waals surface area (Å²) in [7, 11) is 0. The number of carbonyl (C=O) groups excluding carboxylic acids is 1. The van der Waals surface area contributed by atoms with Crippen LogP contribution in [-0.2, 0) is 11.3 Å². The Kier molecular flexibility index (Phi) is 6.23. The van der Waals surface area contributed by atoms with Crippen molar-refractivity contribution in [3.05, 3.63) is 45.6 Å². The Bertz CT molecular complexity index is 759. The molecule has 0 fully saturated rings. The topological polar surface area (TPSA) is 81.4 Å². The number of aromatic nitrogens is 2. The Hall–Kier alpha value is -2.05. The number of benzene rings is 1. The first-order chi connectivity index (χ1) is 11.4. The number of halogens is 2. The predicted molar refractivity (Wildman–Crippen MR) is 90.2 cm³/mol. The lowest BCUT2D eigenvalue weighted by molar-refractivity contribution is -0.131. The highest BCUT2D eigenvalue weighted by Gasteiger charge is 2.21. The van der Waals surface area contributed by atoms with Crippen LogP contribution < -0.4 is 4.74 Å². The maximum Gasteiger partial charge on any atom is 0.379 e. The zero-order valence-corrected chi connectivity index (χ0v) is 14.5. The van der Waals surface area contributed by atoms with Gasteiger partial charge in [0, 0.05) is 16.1 Å². The summed E-state index contributed by atoms with van der Waals surface area (Å²) in [5, 5.41) is 13.8. The number of carboxylic acid groups (broad SMARTS) is 1.